The van der Waals surface area contributed by atoms with Crippen LogP contribution in [-0.4, -0.2) is 17.5 Å². The molecule has 1 aliphatic carbocycles. The fraction of sp³-hybridized carbons (Fsp3) is 0.250. The van der Waals surface area contributed by atoms with Gasteiger partial charge in [-0.2, -0.15) is 0 Å². The molecule has 0 saturated carbocycles. The van der Waals surface area contributed by atoms with Crippen molar-refractivity contribution in [3.63, 3.8) is 0 Å². The molecule has 0 spiro atoms. The topological polar surface area (TPSA) is 31.2 Å². The van der Waals surface area contributed by atoms with Crippen LogP contribution in [0.4, 0.5) is 0 Å². The number of carbonyl (C=O) groups is 1. The van der Waals surface area contributed by atoms with Crippen molar-refractivity contribution in [1.82, 2.24) is 4.57 Å². The van der Waals surface area contributed by atoms with Crippen molar-refractivity contribution in [1.29, 1.82) is 0 Å². The lowest BCUT2D eigenvalue weighted by molar-refractivity contribution is 0.103. The second kappa shape index (κ2) is 4.48. The van der Waals surface area contributed by atoms with Gasteiger partial charge in [-0.05, 0) is 23.8 Å². The minimum atomic E-state index is -0.237. The van der Waals surface area contributed by atoms with Gasteiger partial charge in [0.2, 0.25) is 0 Å². The molecule has 0 radical (unpaired) electrons. The lowest BCUT2D eigenvalue weighted by Crippen LogP contribution is -2.32. The van der Waals surface area contributed by atoms with E-state index in [0.29, 0.717) is 0 Å². The summed E-state index contributed by atoms with van der Waals surface area (Å²) in [7, 11) is 3.67. The molecule has 1 aliphatic rings. The fourth-order valence-electron chi connectivity index (χ4n) is 4.00. The molecule has 0 fully saturated rings. The predicted molar refractivity (Wildman–Crippen MR) is 91.5 cm³/mol. The van der Waals surface area contributed by atoms with Crippen molar-refractivity contribution >= 4 is 16.7 Å². The summed E-state index contributed by atoms with van der Waals surface area (Å²) in [5.41, 5.74) is 4.58. The fourth-order valence-corrected chi connectivity index (χ4v) is 4.00. The van der Waals surface area contributed by atoms with Gasteiger partial charge in [0.25, 0.3) is 0 Å². The molecule has 3 aromatic rings. The Bertz CT molecular complexity index is 963. The molecule has 0 bridgehead atoms. The molecule has 4 rings (SSSR count). The van der Waals surface area contributed by atoms with Gasteiger partial charge in [0, 0.05) is 34.6 Å². The average molecular weight is 305 g/mol. The zero-order chi connectivity index (χ0) is 16.4. The maximum atomic E-state index is 13.2. The number of carbonyl (C=O) groups excluding carboxylic acids is 1. The van der Waals surface area contributed by atoms with Gasteiger partial charge in [-0.1, -0.05) is 38.1 Å². The average Bonchev–Trinajstić information content (AvgIpc) is 2.87. The summed E-state index contributed by atoms with van der Waals surface area (Å²) < 4.78 is 7.48. The van der Waals surface area contributed by atoms with E-state index in [9.17, 15) is 4.79 Å². The number of nitrogens with zero attached hydrogens (tertiary/aromatic N) is 1. The molecule has 0 aliphatic heterocycles. The number of ketones is 1. The molecule has 3 nitrogen and oxygen atoms in total. The number of methoxy groups -OCH3 is 1. The molecule has 1 aromatic heterocycles. The lowest BCUT2D eigenvalue weighted by atomic mass is 9.71. The zero-order valence-corrected chi connectivity index (χ0v) is 13.8. The molecule has 3 heteroatoms. The van der Waals surface area contributed by atoms with Gasteiger partial charge in [-0.25, -0.2) is 0 Å². The Balaban J connectivity index is 2.13. The van der Waals surface area contributed by atoms with Gasteiger partial charge < -0.3 is 9.30 Å². The van der Waals surface area contributed by atoms with Crippen molar-refractivity contribution in [2.75, 3.05) is 7.11 Å². The highest BCUT2D eigenvalue weighted by atomic mass is 16.5. The van der Waals surface area contributed by atoms with Crippen molar-refractivity contribution in [2.45, 2.75) is 19.3 Å². The standard InChI is InChI=1S/C20H19NO2/c1-20(2)15-10-9-12(23-4)11-14(15)18(22)17-13-7-5-6-8-16(13)21(3)19(17)20/h5-11H,1-4H3. The molecule has 23 heavy (non-hydrogen) atoms. The number of aromatic nitrogens is 1. The number of fused-ring (bicyclic) bond motifs is 4. The summed E-state index contributed by atoms with van der Waals surface area (Å²) in [6, 6.07) is 13.9. The summed E-state index contributed by atoms with van der Waals surface area (Å²) in [6.07, 6.45) is 0. The molecule has 0 unspecified atom stereocenters. The Hall–Kier alpha value is -2.55. The number of rotatable bonds is 1. The maximum Gasteiger partial charge on any atom is 0.195 e. The van der Waals surface area contributed by atoms with Gasteiger partial charge in [-0.15, -0.1) is 0 Å². The highest BCUT2D eigenvalue weighted by Gasteiger charge is 2.40. The first-order valence-electron chi connectivity index (χ1n) is 7.78. The van der Waals surface area contributed by atoms with E-state index in [1.165, 1.54) is 0 Å². The Morgan fingerprint density at radius 1 is 1.09 bits per heavy atom. The highest BCUT2D eigenvalue weighted by Crippen LogP contribution is 2.45. The van der Waals surface area contributed by atoms with Crippen molar-refractivity contribution in [2.24, 2.45) is 7.05 Å². The Morgan fingerprint density at radius 2 is 1.83 bits per heavy atom. The van der Waals surface area contributed by atoms with Crippen LogP contribution in [0.5, 0.6) is 5.75 Å². The normalized spacial score (nSPS) is 15.4. The Labute approximate surface area is 135 Å². The van der Waals surface area contributed by atoms with Gasteiger partial charge in [0.15, 0.2) is 5.78 Å². The molecular weight excluding hydrogens is 286 g/mol. The minimum absolute atomic E-state index is 0.0880. The summed E-state index contributed by atoms with van der Waals surface area (Å²) in [6.45, 7) is 4.37. The molecule has 1 heterocycles. The number of benzene rings is 2. The van der Waals surface area contributed by atoms with Gasteiger partial charge >= 0.3 is 0 Å². The van der Waals surface area contributed by atoms with Crippen molar-refractivity contribution in [3.05, 3.63) is 64.8 Å². The van der Waals surface area contributed by atoms with Crippen molar-refractivity contribution < 1.29 is 9.53 Å². The van der Waals surface area contributed by atoms with E-state index >= 15 is 0 Å². The molecule has 116 valence electrons. The van der Waals surface area contributed by atoms with Crippen LogP contribution >= 0.6 is 0 Å². The molecule has 0 saturated heterocycles. The minimum Gasteiger partial charge on any atom is -0.497 e. The van der Waals surface area contributed by atoms with E-state index in [2.05, 4.69) is 24.5 Å². The van der Waals surface area contributed by atoms with Crippen LogP contribution in [0.15, 0.2) is 42.5 Å². The number of para-hydroxylation sites is 1. The van der Waals surface area contributed by atoms with Crippen LogP contribution in [-0.2, 0) is 12.5 Å². The highest BCUT2D eigenvalue weighted by molar-refractivity contribution is 6.20. The van der Waals surface area contributed by atoms with E-state index in [1.54, 1.807) is 7.11 Å². The van der Waals surface area contributed by atoms with Crippen LogP contribution in [0.2, 0.25) is 0 Å². The largest absolute Gasteiger partial charge is 0.497 e. The smallest absolute Gasteiger partial charge is 0.195 e. The summed E-state index contributed by atoms with van der Waals surface area (Å²) in [5, 5.41) is 1.02. The zero-order valence-electron chi connectivity index (χ0n) is 13.8. The van der Waals surface area contributed by atoms with Crippen LogP contribution in [0.25, 0.3) is 10.9 Å². The molecule has 0 N–H and O–H groups in total. The first-order chi connectivity index (χ1) is 11.0. The van der Waals surface area contributed by atoms with Crippen LogP contribution in [0.3, 0.4) is 0 Å². The summed E-state index contributed by atoms with van der Waals surface area (Å²) >= 11 is 0. The maximum absolute atomic E-state index is 13.2. The van der Waals surface area contributed by atoms with E-state index in [1.807, 2.05) is 43.4 Å². The van der Waals surface area contributed by atoms with E-state index in [0.717, 1.165) is 39.0 Å². The monoisotopic (exact) mass is 305 g/mol. The van der Waals surface area contributed by atoms with Gasteiger partial charge in [0.1, 0.15) is 5.75 Å². The Kier molecular flexibility index (Phi) is 2.74. The summed E-state index contributed by atoms with van der Waals surface area (Å²) in [4.78, 5) is 13.2. The third-order valence-corrected chi connectivity index (χ3v) is 5.07. The molecule has 0 atom stereocenters. The third kappa shape index (κ3) is 1.68. The van der Waals surface area contributed by atoms with E-state index in [-0.39, 0.29) is 11.2 Å². The quantitative estimate of drug-likeness (QED) is 0.679. The number of hydrogen-bond donors (Lipinski definition) is 0. The predicted octanol–water partition coefficient (Wildman–Crippen LogP) is 4.06. The number of hydrogen-bond acceptors (Lipinski definition) is 2. The van der Waals surface area contributed by atoms with E-state index < -0.39 is 0 Å². The van der Waals surface area contributed by atoms with Gasteiger partial charge in [0.05, 0.1) is 12.7 Å². The lowest BCUT2D eigenvalue weighted by Gasteiger charge is -2.33. The number of aryl methyl sites for hydroxylation is 1. The van der Waals surface area contributed by atoms with Crippen LogP contribution < -0.4 is 4.74 Å². The summed E-state index contributed by atoms with van der Waals surface area (Å²) in [5.74, 6) is 0.807. The molecule has 2 aromatic carbocycles. The van der Waals surface area contributed by atoms with Crippen molar-refractivity contribution in [3.8, 4) is 5.75 Å². The third-order valence-electron chi connectivity index (χ3n) is 5.07. The second-order valence-electron chi connectivity index (χ2n) is 6.67. The number of ether oxygens (including phenoxy) is 1. The first-order valence-corrected chi connectivity index (χ1v) is 7.78. The van der Waals surface area contributed by atoms with Gasteiger partial charge in [-0.3, -0.25) is 4.79 Å². The first kappa shape index (κ1) is 14.1. The Morgan fingerprint density at radius 3 is 2.57 bits per heavy atom. The molecular formula is C20H19NO2. The second-order valence-corrected chi connectivity index (χ2v) is 6.67. The van der Waals surface area contributed by atoms with E-state index in [4.69, 9.17) is 4.74 Å². The molecule has 0 amide bonds. The van der Waals surface area contributed by atoms with Crippen LogP contribution in [0.1, 0.15) is 41.0 Å². The van der Waals surface area contributed by atoms with Crippen LogP contribution in [0, 0.1) is 0 Å². The SMILES string of the molecule is COc1ccc2c(c1)C(=O)c1c(n(C)c3ccccc13)C2(C)C.